The average Bonchev–Trinajstić information content (AvgIpc) is 2.76. The largest absolute Gasteiger partial charge is 0.497 e. The van der Waals surface area contributed by atoms with Crippen molar-refractivity contribution in [2.75, 3.05) is 18.2 Å². The van der Waals surface area contributed by atoms with E-state index in [9.17, 15) is 4.79 Å². The third kappa shape index (κ3) is 2.36. The molecule has 0 bridgehead atoms. The lowest BCUT2D eigenvalue weighted by atomic mass is 10.3. The van der Waals surface area contributed by atoms with Crippen LogP contribution in [0.1, 0.15) is 10.5 Å². The molecule has 0 saturated heterocycles. The number of nitrogens with zero attached hydrogens (tertiary/aromatic N) is 1. The van der Waals surface area contributed by atoms with E-state index < -0.39 is 0 Å². The van der Waals surface area contributed by atoms with E-state index >= 15 is 0 Å². The third-order valence-electron chi connectivity index (χ3n) is 2.22. The zero-order valence-electron chi connectivity index (χ0n) is 9.23. The lowest BCUT2D eigenvalue weighted by molar-refractivity contribution is 0.102. The first-order chi connectivity index (χ1) is 8.20. The van der Waals surface area contributed by atoms with Crippen LogP contribution in [0.25, 0.3) is 0 Å². The fourth-order valence-corrected chi connectivity index (χ4v) is 1.37. The van der Waals surface area contributed by atoms with Gasteiger partial charge in [0.15, 0.2) is 0 Å². The van der Waals surface area contributed by atoms with Gasteiger partial charge in [-0.2, -0.15) is 5.10 Å². The van der Waals surface area contributed by atoms with Crippen LogP contribution in [0.3, 0.4) is 0 Å². The van der Waals surface area contributed by atoms with Crippen LogP contribution in [-0.2, 0) is 0 Å². The summed E-state index contributed by atoms with van der Waals surface area (Å²) >= 11 is 0. The molecule has 17 heavy (non-hydrogen) atoms. The average molecular weight is 232 g/mol. The summed E-state index contributed by atoms with van der Waals surface area (Å²) in [6.45, 7) is 0. The van der Waals surface area contributed by atoms with Gasteiger partial charge in [0.05, 0.1) is 19.0 Å². The normalized spacial score (nSPS) is 9.94. The molecule has 2 aromatic rings. The van der Waals surface area contributed by atoms with Gasteiger partial charge in [-0.1, -0.05) is 6.07 Å². The molecule has 0 saturated carbocycles. The highest BCUT2D eigenvalue weighted by Crippen LogP contribution is 2.18. The molecule has 1 aromatic carbocycles. The summed E-state index contributed by atoms with van der Waals surface area (Å²) < 4.78 is 5.05. The number of carbonyl (C=O) groups excluding carboxylic acids is 1. The van der Waals surface area contributed by atoms with E-state index in [0.717, 1.165) is 0 Å². The van der Waals surface area contributed by atoms with E-state index in [4.69, 9.17) is 10.5 Å². The van der Waals surface area contributed by atoms with Gasteiger partial charge in [-0.05, 0) is 12.1 Å². The van der Waals surface area contributed by atoms with Crippen molar-refractivity contribution in [1.82, 2.24) is 10.2 Å². The molecule has 0 aliphatic heterocycles. The highest BCUT2D eigenvalue weighted by Gasteiger charge is 2.11. The van der Waals surface area contributed by atoms with Crippen molar-refractivity contribution in [3.63, 3.8) is 0 Å². The number of rotatable bonds is 3. The van der Waals surface area contributed by atoms with E-state index in [-0.39, 0.29) is 11.6 Å². The van der Waals surface area contributed by atoms with Crippen molar-refractivity contribution < 1.29 is 9.53 Å². The predicted molar refractivity (Wildman–Crippen MR) is 63.9 cm³/mol. The molecule has 0 spiro atoms. The van der Waals surface area contributed by atoms with Gasteiger partial charge in [0, 0.05) is 11.8 Å². The number of nitrogen functional groups attached to an aromatic ring is 1. The van der Waals surface area contributed by atoms with Crippen molar-refractivity contribution in [3.8, 4) is 5.75 Å². The van der Waals surface area contributed by atoms with Crippen LogP contribution >= 0.6 is 0 Å². The standard InChI is InChI=1S/C11H12N4O2/c1-17-8-4-2-3-7(5-8)14-11(16)10-9(12)6-13-15-10/h2-6H,12H2,1H3,(H,13,15)(H,14,16). The fraction of sp³-hybridized carbons (Fsp3) is 0.0909. The minimum absolute atomic E-state index is 0.243. The first-order valence-electron chi connectivity index (χ1n) is 4.95. The molecule has 2 rings (SSSR count). The van der Waals surface area contributed by atoms with Gasteiger partial charge < -0.3 is 15.8 Å². The zero-order valence-corrected chi connectivity index (χ0v) is 9.23. The van der Waals surface area contributed by atoms with Gasteiger partial charge >= 0.3 is 0 Å². The fourth-order valence-electron chi connectivity index (χ4n) is 1.37. The Morgan fingerprint density at radius 1 is 1.53 bits per heavy atom. The number of carbonyl (C=O) groups is 1. The Balaban J connectivity index is 2.16. The van der Waals surface area contributed by atoms with Crippen molar-refractivity contribution in [2.24, 2.45) is 0 Å². The van der Waals surface area contributed by atoms with E-state index in [1.165, 1.54) is 6.20 Å². The second-order valence-corrected chi connectivity index (χ2v) is 3.39. The van der Waals surface area contributed by atoms with Crippen LogP contribution < -0.4 is 15.8 Å². The Morgan fingerprint density at radius 2 is 2.35 bits per heavy atom. The molecule has 6 heteroatoms. The lowest BCUT2D eigenvalue weighted by Gasteiger charge is -2.06. The number of methoxy groups -OCH3 is 1. The number of H-pyrrole nitrogens is 1. The number of amides is 1. The summed E-state index contributed by atoms with van der Waals surface area (Å²) in [5.41, 5.74) is 6.75. The minimum Gasteiger partial charge on any atom is -0.497 e. The summed E-state index contributed by atoms with van der Waals surface area (Å²) in [6.07, 6.45) is 1.39. The summed E-state index contributed by atoms with van der Waals surface area (Å²) in [7, 11) is 1.56. The molecule has 0 radical (unpaired) electrons. The highest BCUT2D eigenvalue weighted by atomic mass is 16.5. The highest BCUT2D eigenvalue weighted by molar-refractivity contribution is 6.06. The Labute approximate surface area is 97.8 Å². The maximum absolute atomic E-state index is 11.8. The number of aromatic nitrogens is 2. The molecule has 1 heterocycles. The number of hydrogen-bond donors (Lipinski definition) is 3. The first kappa shape index (κ1) is 11.0. The van der Waals surface area contributed by atoms with Gasteiger partial charge in [0.25, 0.3) is 5.91 Å². The summed E-state index contributed by atoms with van der Waals surface area (Å²) in [6, 6.07) is 7.04. The van der Waals surface area contributed by atoms with E-state index in [1.54, 1.807) is 31.4 Å². The molecule has 0 aliphatic carbocycles. The molecule has 88 valence electrons. The van der Waals surface area contributed by atoms with Crippen LogP contribution in [0.5, 0.6) is 5.75 Å². The number of ether oxygens (including phenoxy) is 1. The Hall–Kier alpha value is -2.50. The molecule has 0 aliphatic rings. The molecule has 0 atom stereocenters. The molecule has 6 nitrogen and oxygen atoms in total. The molecule has 0 unspecified atom stereocenters. The van der Waals surface area contributed by atoms with Crippen molar-refractivity contribution in [2.45, 2.75) is 0 Å². The maximum atomic E-state index is 11.8. The van der Waals surface area contributed by atoms with Gasteiger partial charge in [-0.3, -0.25) is 9.89 Å². The van der Waals surface area contributed by atoms with Crippen molar-refractivity contribution >= 4 is 17.3 Å². The van der Waals surface area contributed by atoms with Crippen LogP contribution in [-0.4, -0.2) is 23.2 Å². The number of hydrogen-bond acceptors (Lipinski definition) is 4. The van der Waals surface area contributed by atoms with Crippen LogP contribution in [0, 0.1) is 0 Å². The zero-order chi connectivity index (χ0) is 12.3. The van der Waals surface area contributed by atoms with Gasteiger partial charge in [-0.15, -0.1) is 0 Å². The topological polar surface area (TPSA) is 93.0 Å². The van der Waals surface area contributed by atoms with E-state index in [1.807, 2.05) is 0 Å². The third-order valence-corrected chi connectivity index (χ3v) is 2.22. The minimum atomic E-state index is -0.340. The molecular weight excluding hydrogens is 220 g/mol. The summed E-state index contributed by atoms with van der Waals surface area (Å²) in [5, 5.41) is 8.91. The quantitative estimate of drug-likeness (QED) is 0.742. The number of nitrogens with one attached hydrogen (secondary N) is 2. The molecule has 0 fully saturated rings. The smallest absolute Gasteiger partial charge is 0.275 e. The second-order valence-electron chi connectivity index (χ2n) is 3.39. The van der Waals surface area contributed by atoms with Crippen LogP contribution in [0.4, 0.5) is 11.4 Å². The van der Waals surface area contributed by atoms with Crippen LogP contribution in [0.15, 0.2) is 30.5 Å². The Bertz CT molecular complexity index is 536. The predicted octanol–water partition coefficient (Wildman–Crippen LogP) is 1.25. The van der Waals surface area contributed by atoms with Crippen molar-refractivity contribution in [3.05, 3.63) is 36.2 Å². The number of aromatic amines is 1. The number of benzene rings is 1. The van der Waals surface area contributed by atoms with Crippen molar-refractivity contribution in [1.29, 1.82) is 0 Å². The lowest BCUT2D eigenvalue weighted by Crippen LogP contribution is -2.14. The SMILES string of the molecule is COc1cccc(NC(=O)c2[nH]ncc2N)c1. The monoisotopic (exact) mass is 232 g/mol. The Morgan fingerprint density at radius 3 is 3.00 bits per heavy atom. The van der Waals surface area contributed by atoms with E-state index in [2.05, 4.69) is 15.5 Å². The molecular formula is C11H12N4O2. The molecule has 1 aromatic heterocycles. The van der Waals surface area contributed by atoms with E-state index in [0.29, 0.717) is 17.1 Å². The first-order valence-corrected chi connectivity index (χ1v) is 4.95. The second kappa shape index (κ2) is 4.56. The Kier molecular flexibility index (Phi) is 2.95. The summed E-state index contributed by atoms with van der Waals surface area (Å²) in [5.74, 6) is 0.327. The number of anilines is 2. The van der Waals surface area contributed by atoms with Crippen LogP contribution in [0.2, 0.25) is 0 Å². The molecule has 4 N–H and O–H groups in total. The maximum Gasteiger partial charge on any atom is 0.275 e. The van der Waals surface area contributed by atoms with Gasteiger partial charge in [0.2, 0.25) is 0 Å². The van der Waals surface area contributed by atoms with Gasteiger partial charge in [0.1, 0.15) is 11.4 Å². The number of nitrogens with two attached hydrogens (primary N) is 1. The molecule has 1 amide bonds. The van der Waals surface area contributed by atoms with Gasteiger partial charge in [-0.25, -0.2) is 0 Å². The summed E-state index contributed by atoms with van der Waals surface area (Å²) in [4.78, 5) is 11.8.